The standard InChI is InChI=1S/C13H16N2O3S/c1-3-10-5-6-11(4-2)12(9-10)19(16,17)15-13-7-8-18-14-13/h5-9H,3-4H2,1-2H3,(H,14,15). The first-order valence-electron chi connectivity index (χ1n) is 6.11. The molecule has 19 heavy (non-hydrogen) atoms. The van der Waals surface area contributed by atoms with Crippen molar-refractivity contribution < 1.29 is 12.9 Å². The zero-order valence-electron chi connectivity index (χ0n) is 10.9. The van der Waals surface area contributed by atoms with E-state index >= 15 is 0 Å². The van der Waals surface area contributed by atoms with Crippen LogP contribution in [0.3, 0.4) is 0 Å². The third kappa shape index (κ3) is 2.96. The average Bonchev–Trinajstić information content (AvgIpc) is 2.90. The maximum Gasteiger partial charge on any atom is 0.263 e. The van der Waals surface area contributed by atoms with Gasteiger partial charge < -0.3 is 4.52 Å². The summed E-state index contributed by atoms with van der Waals surface area (Å²) in [5, 5.41) is 3.56. The Balaban J connectivity index is 2.43. The van der Waals surface area contributed by atoms with Crippen LogP contribution in [0.1, 0.15) is 25.0 Å². The van der Waals surface area contributed by atoms with E-state index in [0.29, 0.717) is 11.3 Å². The predicted molar refractivity (Wildman–Crippen MR) is 72.5 cm³/mol. The van der Waals surface area contributed by atoms with Crippen molar-refractivity contribution in [3.63, 3.8) is 0 Å². The molecule has 0 aliphatic carbocycles. The van der Waals surface area contributed by atoms with Crippen molar-refractivity contribution >= 4 is 15.8 Å². The molecule has 0 fully saturated rings. The minimum absolute atomic E-state index is 0.184. The number of hydrogen-bond donors (Lipinski definition) is 1. The second-order valence-electron chi connectivity index (χ2n) is 4.14. The van der Waals surface area contributed by atoms with Gasteiger partial charge in [-0.1, -0.05) is 31.1 Å². The summed E-state index contributed by atoms with van der Waals surface area (Å²) in [7, 11) is -3.63. The fourth-order valence-corrected chi connectivity index (χ4v) is 3.17. The molecule has 102 valence electrons. The SMILES string of the molecule is CCc1ccc(CC)c(S(=O)(=O)Nc2ccon2)c1. The summed E-state index contributed by atoms with van der Waals surface area (Å²) in [5.74, 6) is 0.184. The predicted octanol–water partition coefficient (Wildman–Crippen LogP) is 2.60. The van der Waals surface area contributed by atoms with Crippen molar-refractivity contribution in [2.24, 2.45) is 0 Å². The smallest absolute Gasteiger partial charge is 0.263 e. The van der Waals surface area contributed by atoms with Gasteiger partial charge >= 0.3 is 0 Å². The lowest BCUT2D eigenvalue weighted by Crippen LogP contribution is -2.15. The van der Waals surface area contributed by atoms with E-state index in [-0.39, 0.29) is 5.82 Å². The molecule has 1 aromatic heterocycles. The maximum absolute atomic E-state index is 12.4. The normalized spacial score (nSPS) is 11.5. The number of nitrogens with zero attached hydrogens (tertiary/aromatic N) is 1. The van der Waals surface area contributed by atoms with Crippen LogP contribution in [0.2, 0.25) is 0 Å². The van der Waals surface area contributed by atoms with Crippen LogP contribution in [0, 0.1) is 0 Å². The third-order valence-corrected chi connectivity index (χ3v) is 4.32. The zero-order chi connectivity index (χ0) is 13.9. The topological polar surface area (TPSA) is 72.2 Å². The fourth-order valence-electron chi connectivity index (χ4n) is 1.82. The molecule has 1 N–H and O–H groups in total. The van der Waals surface area contributed by atoms with Crippen LogP contribution in [0.15, 0.2) is 39.9 Å². The number of benzene rings is 1. The van der Waals surface area contributed by atoms with Gasteiger partial charge in [0, 0.05) is 6.07 Å². The van der Waals surface area contributed by atoms with Crippen LogP contribution in [0.25, 0.3) is 0 Å². The van der Waals surface area contributed by atoms with E-state index in [9.17, 15) is 8.42 Å². The summed E-state index contributed by atoms with van der Waals surface area (Å²) in [5.41, 5.74) is 1.77. The van der Waals surface area contributed by atoms with E-state index < -0.39 is 10.0 Å². The number of anilines is 1. The van der Waals surface area contributed by atoms with Crippen LogP contribution in [-0.2, 0) is 22.9 Å². The first-order chi connectivity index (χ1) is 9.06. The Morgan fingerprint density at radius 1 is 1.21 bits per heavy atom. The minimum atomic E-state index is -3.63. The molecule has 0 saturated carbocycles. The number of aromatic nitrogens is 1. The lowest BCUT2D eigenvalue weighted by molar-refractivity contribution is 0.423. The number of hydrogen-bond acceptors (Lipinski definition) is 4. The second-order valence-corrected chi connectivity index (χ2v) is 5.79. The molecule has 0 unspecified atom stereocenters. The molecule has 1 heterocycles. The van der Waals surface area contributed by atoms with Crippen LogP contribution in [-0.4, -0.2) is 13.6 Å². The van der Waals surface area contributed by atoms with Gasteiger partial charge in [0.15, 0.2) is 5.82 Å². The van der Waals surface area contributed by atoms with Gasteiger partial charge in [-0.05, 0) is 30.0 Å². The van der Waals surface area contributed by atoms with E-state index in [1.54, 1.807) is 6.07 Å². The number of sulfonamides is 1. The van der Waals surface area contributed by atoms with E-state index in [2.05, 4.69) is 14.4 Å². The summed E-state index contributed by atoms with van der Waals surface area (Å²) >= 11 is 0. The van der Waals surface area contributed by atoms with Gasteiger partial charge in [-0.25, -0.2) is 8.42 Å². The average molecular weight is 280 g/mol. The highest BCUT2D eigenvalue weighted by Crippen LogP contribution is 2.21. The molecule has 0 bridgehead atoms. The Morgan fingerprint density at radius 2 is 2.00 bits per heavy atom. The fraction of sp³-hybridized carbons (Fsp3) is 0.308. The summed E-state index contributed by atoms with van der Waals surface area (Å²) in [6.07, 6.45) is 2.76. The molecule has 0 atom stereocenters. The van der Waals surface area contributed by atoms with Crippen molar-refractivity contribution in [2.75, 3.05) is 4.72 Å². The van der Waals surface area contributed by atoms with Crippen LogP contribution in [0.4, 0.5) is 5.82 Å². The molecule has 2 aromatic rings. The Hall–Kier alpha value is -1.82. The summed E-state index contributed by atoms with van der Waals surface area (Å²) < 4.78 is 31.7. The first-order valence-corrected chi connectivity index (χ1v) is 7.60. The quantitative estimate of drug-likeness (QED) is 0.913. The third-order valence-electron chi connectivity index (χ3n) is 2.89. The first kappa shape index (κ1) is 13.6. The Labute approximate surface area is 112 Å². The number of rotatable bonds is 5. The minimum Gasteiger partial charge on any atom is -0.363 e. The van der Waals surface area contributed by atoms with Crippen molar-refractivity contribution in [1.29, 1.82) is 0 Å². The van der Waals surface area contributed by atoms with Crippen LogP contribution in [0.5, 0.6) is 0 Å². The lowest BCUT2D eigenvalue weighted by Gasteiger charge is -2.11. The molecule has 5 nitrogen and oxygen atoms in total. The van der Waals surface area contributed by atoms with Gasteiger partial charge in [0.05, 0.1) is 4.90 Å². The van der Waals surface area contributed by atoms with Gasteiger partial charge in [-0.15, -0.1) is 0 Å². The van der Waals surface area contributed by atoms with Crippen LogP contribution < -0.4 is 4.72 Å². The zero-order valence-corrected chi connectivity index (χ0v) is 11.7. The molecule has 6 heteroatoms. The molecule has 0 amide bonds. The van der Waals surface area contributed by atoms with Crippen molar-refractivity contribution in [2.45, 2.75) is 31.6 Å². The van der Waals surface area contributed by atoms with Crippen molar-refractivity contribution in [3.05, 3.63) is 41.7 Å². The monoisotopic (exact) mass is 280 g/mol. The number of aryl methyl sites for hydroxylation is 2. The number of nitrogens with one attached hydrogen (secondary N) is 1. The lowest BCUT2D eigenvalue weighted by atomic mass is 10.1. The molecule has 0 saturated heterocycles. The highest BCUT2D eigenvalue weighted by atomic mass is 32.2. The highest BCUT2D eigenvalue weighted by molar-refractivity contribution is 7.92. The molecule has 0 spiro atoms. The summed E-state index contributed by atoms with van der Waals surface area (Å²) in [4.78, 5) is 0.303. The summed E-state index contributed by atoms with van der Waals surface area (Å²) in [6, 6.07) is 6.98. The highest BCUT2D eigenvalue weighted by Gasteiger charge is 2.19. The molecule has 2 rings (SSSR count). The largest absolute Gasteiger partial charge is 0.363 e. The van der Waals surface area contributed by atoms with Gasteiger partial charge in [-0.3, -0.25) is 4.72 Å². The molecular formula is C13H16N2O3S. The van der Waals surface area contributed by atoms with Crippen LogP contribution >= 0.6 is 0 Å². The molecular weight excluding hydrogens is 264 g/mol. The van der Waals surface area contributed by atoms with Gasteiger partial charge in [0.25, 0.3) is 10.0 Å². The van der Waals surface area contributed by atoms with Gasteiger partial charge in [0.1, 0.15) is 6.26 Å². The summed E-state index contributed by atoms with van der Waals surface area (Å²) in [6.45, 7) is 3.92. The van der Waals surface area contributed by atoms with Crippen molar-refractivity contribution in [1.82, 2.24) is 5.16 Å². The Morgan fingerprint density at radius 3 is 2.58 bits per heavy atom. The molecule has 1 aromatic carbocycles. The van der Waals surface area contributed by atoms with E-state index in [1.165, 1.54) is 12.3 Å². The van der Waals surface area contributed by atoms with E-state index in [4.69, 9.17) is 0 Å². The van der Waals surface area contributed by atoms with Gasteiger partial charge in [0.2, 0.25) is 0 Å². The van der Waals surface area contributed by atoms with E-state index in [1.807, 2.05) is 26.0 Å². The van der Waals surface area contributed by atoms with Crippen molar-refractivity contribution in [3.8, 4) is 0 Å². The molecule has 0 aliphatic rings. The van der Waals surface area contributed by atoms with E-state index in [0.717, 1.165) is 17.5 Å². The molecule has 0 radical (unpaired) electrons. The second kappa shape index (κ2) is 5.44. The maximum atomic E-state index is 12.4. The van der Waals surface area contributed by atoms with Gasteiger partial charge in [-0.2, -0.15) is 0 Å². The molecule has 0 aliphatic heterocycles. The Kier molecular flexibility index (Phi) is 3.90. The Bertz CT molecular complexity index is 649.